The van der Waals surface area contributed by atoms with Gasteiger partial charge in [0.1, 0.15) is 0 Å². The first-order valence-electron chi connectivity index (χ1n) is 6.00. The van der Waals surface area contributed by atoms with Gasteiger partial charge in [-0.15, -0.1) is 0 Å². The highest BCUT2D eigenvalue weighted by molar-refractivity contribution is 5.21. The van der Waals surface area contributed by atoms with E-state index in [0.717, 1.165) is 13.1 Å². The van der Waals surface area contributed by atoms with Crippen LogP contribution in [0.25, 0.3) is 0 Å². The molecule has 0 rings (SSSR count). The van der Waals surface area contributed by atoms with Crippen LogP contribution in [0.3, 0.4) is 0 Å². The summed E-state index contributed by atoms with van der Waals surface area (Å²) in [6, 6.07) is 0. The van der Waals surface area contributed by atoms with Crippen LogP contribution in [-0.2, 0) is 0 Å². The standard InChI is InChI=1S/C12H21N.C2H6/c1-5-9-12(10-6-2)13(8-4)11-7-3;1-2/h5-6,9-10H,1,7-8,11H2,2-4H3;1-2H3/b10-6-,12-9+;. The minimum Gasteiger partial charge on any atom is -0.372 e. The van der Waals surface area contributed by atoms with Crippen molar-refractivity contribution in [1.82, 2.24) is 4.90 Å². The second-order valence-electron chi connectivity index (χ2n) is 2.91. The van der Waals surface area contributed by atoms with Crippen LogP contribution in [0.4, 0.5) is 0 Å². The third-order valence-corrected chi connectivity index (χ3v) is 1.87. The van der Waals surface area contributed by atoms with Crippen molar-refractivity contribution in [3.05, 3.63) is 36.6 Å². The predicted molar refractivity (Wildman–Crippen MR) is 72.0 cm³/mol. The second kappa shape index (κ2) is 13.0. The second-order valence-corrected chi connectivity index (χ2v) is 2.91. The molecule has 0 saturated carbocycles. The largest absolute Gasteiger partial charge is 0.372 e. The summed E-state index contributed by atoms with van der Waals surface area (Å²) in [5, 5.41) is 0. The Kier molecular flexibility index (Phi) is 14.3. The first-order chi connectivity index (χ1) is 7.29. The predicted octanol–water partition coefficient (Wildman–Crippen LogP) is 4.39. The van der Waals surface area contributed by atoms with Crippen LogP contribution in [0.5, 0.6) is 0 Å². The van der Waals surface area contributed by atoms with Crippen LogP contribution in [0.2, 0.25) is 0 Å². The minimum atomic E-state index is 1.05. The molecule has 0 heterocycles. The molecule has 0 unspecified atom stereocenters. The van der Waals surface area contributed by atoms with E-state index < -0.39 is 0 Å². The fourth-order valence-electron chi connectivity index (χ4n) is 1.30. The zero-order chi connectivity index (χ0) is 12.1. The fourth-order valence-corrected chi connectivity index (χ4v) is 1.30. The number of hydrogen-bond donors (Lipinski definition) is 0. The van der Waals surface area contributed by atoms with E-state index in [2.05, 4.69) is 43.6 Å². The van der Waals surface area contributed by atoms with Crippen LogP contribution >= 0.6 is 0 Å². The zero-order valence-corrected chi connectivity index (χ0v) is 11.1. The molecule has 0 aliphatic carbocycles. The molecule has 1 nitrogen and oxygen atoms in total. The summed E-state index contributed by atoms with van der Waals surface area (Å²) in [7, 11) is 0. The molecule has 0 saturated heterocycles. The zero-order valence-electron chi connectivity index (χ0n) is 11.1. The molecule has 15 heavy (non-hydrogen) atoms. The number of allylic oxidation sites excluding steroid dienone is 4. The molecular weight excluding hydrogens is 182 g/mol. The third-order valence-electron chi connectivity index (χ3n) is 1.87. The van der Waals surface area contributed by atoms with Crippen molar-refractivity contribution in [2.45, 2.75) is 41.0 Å². The highest BCUT2D eigenvalue weighted by Crippen LogP contribution is 2.06. The Hall–Kier alpha value is -0.980. The minimum absolute atomic E-state index is 1.05. The molecule has 0 aromatic carbocycles. The maximum atomic E-state index is 3.72. The van der Waals surface area contributed by atoms with Gasteiger partial charge in [-0.05, 0) is 32.4 Å². The lowest BCUT2D eigenvalue weighted by Gasteiger charge is -2.23. The SMILES string of the molecule is C=C/C=C(\C=C/C)N(CC)CCC.CC. The average molecular weight is 209 g/mol. The highest BCUT2D eigenvalue weighted by atomic mass is 15.1. The van der Waals surface area contributed by atoms with Gasteiger partial charge < -0.3 is 4.90 Å². The smallest absolute Gasteiger partial charge is 0.0362 e. The van der Waals surface area contributed by atoms with Gasteiger partial charge in [-0.2, -0.15) is 0 Å². The van der Waals surface area contributed by atoms with Crippen LogP contribution in [0, 0.1) is 0 Å². The van der Waals surface area contributed by atoms with E-state index in [1.165, 1.54) is 12.1 Å². The van der Waals surface area contributed by atoms with Gasteiger partial charge in [0.2, 0.25) is 0 Å². The summed E-state index contributed by atoms with van der Waals surface area (Å²) in [6.45, 7) is 16.3. The Bertz CT molecular complexity index is 190. The molecule has 0 radical (unpaired) electrons. The summed E-state index contributed by atoms with van der Waals surface area (Å²) in [5.74, 6) is 0. The maximum Gasteiger partial charge on any atom is 0.0362 e. The van der Waals surface area contributed by atoms with Crippen molar-refractivity contribution < 1.29 is 0 Å². The third kappa shape index (κ3) is 8.04. The Morgan fingerprint density at radius 3 is 2.20 bits per heavy atom. The molecule has 0 amide bonds. The normalized spacial score (nSPS) is 10.9. The van der Waals surface area contributed by atoms with E-state index in [1.54, 1.807) is 0 Å². The Morgan fingerprint density at radius 1 is 1.27 bits per heavy atom. The topological polar surface area (TPSA) is 3.24 Å². The Balaban J connectivity index is 0. The summed E-state index contributed by atoms with van der Waals surface area (Å²) < 4.78 is 0. The van der Waals surface area contributed by atoms with Gasteiger partial charge in [0.15, 0.2) is 0 Å². The van der Waals surface area contributed by atoms with E-state index in [4.69, 9.17) is 0 Å². The fraction of sp³-hybridized carbons (Fsp3) is 0.571. The average Bonchev–Trinajstić information content (AvgIpc) is 2.28. The van der Waals surface area contributed by atoms with Crippen molar-refractivity contribution in [3.8, 4) is 0 Å². The van der Waals surface area contributed by atoms with E-state index in [9.17, 15) is 0 Å². The lowest BCUT2D eigenvalue weighted by atomic mass is 10.3. The van der Waals surface area contributed by atoms with Crippen molar-refractivity contribution >= 4 is 0 Å². The maximum absolute atomic E-state index is 3.72. The van der Waals surface area contributed by atoms with Gasteiger partial charge in [-0.25, -0.2) is 0 Å². The Labute approximate surface area is 96.2 Å². The molecule has 0 N–H and O–H groups in total. The van der Waals surface area contributed by atoms with Crippen LogP contribution in [-0.4, -0.2) is 18.0 Å². The number of rotatable bonds is 6. The molecule has 0 aromatic rings. The number of hydrogen-bond acceptors (Lipinski definition) is 1. The molecule has 88 valence electrons. The van der Waals surface area contributed by atoms with Crippen LogP contribution < -0.4 is 0 Å². The molecule has 0 spiro atoms. The lowest BCUT2D eigenvalue weighted by molar-refractivity contribution is 0.373. The molecule has 0 aliphatic rings. The number of likely N-dealkylation sites (N-methyl/N-ethyl adjacent to an activating group) is 1. The highest BCUT2D eigenvalue weighted by Gasteiger charge is 2.00. The Morgan fingerprint density at radius 2 is 1.87 bits per heavy atom. The number of nitrogens with zero attached hydrogens (tertiary/aromatic N) is 1. The van der Waals surface area contributed by atoms with E-state index >= 15 is 0 Å². The molecule has 1 heteroatoms. The van der Waals surface area contributed by atoms with Crippen molar-refractivity contribution in [1.29, 1.82) is 0 Å². The van der Waals surface area contributed by atoms with Gasteiger partial charge >= 0.3 is 0 Å². The first-order valence-corrected chi connectivity index (χ1v) is 6.00. The molecule has 0 aromatic heterocycles. The van der Waals surface area contributed by atoms with Crippen molar-refractivity contribution in [3.63, 3.8) is 0 Å². The monoisotopic (exact) mass is 209 g/mol. The van der Waals surface area contributed by atoms with Gasteiger partial charge in [-0.1, -0.05) is 39.5 Å². The van der Waals surface area contributed by atoms with Gasteiger partial charge in [0.05, 0.1) is 0 Å². The van der Waals surface area contributed by atoms with Gasteiger partial charge in [0, 0.05) is 18.8 Å². The molecule has 0 atom stereocenters. The summed E-state index contributed by atoms with van der Waals surface area (Å²) in [4.78, 5) is 2.35. The van der Waals surface area contributed by atoms with Gasteiger partial charge in [-0.3, -0.25) is 0 Å². The van der Waals surface area contributed by atoms with E-state index in [-0.39, 0.29) is 0 Å². The van der Waals surface area contributed by atoms with Crippen LogP contribution in [0.1, 0.15) is 41.0 Å². The van der Waals surface area contributed by atoms with Crippen molar-refractivity contribution in [2.75, 3.05) is 13.1 Å². The van der Waals surface area contributed by atoms with Crippen molar-refractivity contribution in [2.24, 2.45) is 0 Å². The molecule has 0 fully saturated rings. The van der Waals surface area contributed by atoms with Gasteiger partial charge in [0.25, 0.3) is 0 Å². The summed E-state index contributed by atoms with van der Waals surface area (Å²) >= 11 is 0. The summed E-state index contributed by atoms with van der Waals surface area (Å²) in [5.41, 5.74) is 1.25. The quantitative estimate of drug-likeness (QED) is 0.586. The first kappa shape index (κ1) is 16.4. The van der Waals surface area contributed by atoms with E-state index in [0.29, 0.717) is 0 Å². The molecule has 0 aliphatic heterocycles. The summed E-state index contributed by atoms with van der Waals surface area (Å²) in [6.07, 6.45) is 9.27. The molecule has 0 bridgehead atoms. The van der Waals surface area contributed by atoms with Crippen LogP contribution in [0.15, 0.2) is 36.6 Å². The molecular formula is C14H27N. The van der Waals surface area contributed by atoms with E-state index in [1.807, 2.05) is 26.8 Å². The lowest BCUT2D eigenvalue weighted by Crippen LogP contribution is -2.22.